The average molecular weight is 261 g/mol. The molecule has 5 nitrogen and oxygen atoms in total. The highest BCUT2D eigenvalue weighted by Crippen LogP contribution is 2.14. The zero-order valence-electron chi connectivity index (χ0n) is 10.8. The van der Waals surface area contributed by atoms with Crippen molar-refractivity contribution in [1.29, 1.82) is 0 Å². The maximum Gasteiger partial charge on any atom is 0.341 e. The first-order chi connectivity index (χ1) is 9.04. The van der Waals surface area contributed by atoms with Crippen molar-refractivity contribution < 1.29 is 14.6 Å². The zero-order chi connectivity index (χ0) is 14.0. The van der Waals surface area contributed by atoms with Gasteiger partial charge in [0, 0.05) is 25.2 Å². The van der Waals surface area contributed by atoms with Crippen molar-refractivity contribution in [2.75, 3.05) is 13.7 Å². The fraction of sp³-hybridized carbons (Fsp3) is 0.286. The lowest BCUT2D eigenvalue weighted by Crippen LogP contribution is -2.20. The number of rotatable bonds is 4. The third kappa shape index (κ3) is 2.51. The van der Waals surface area contributed by atoms with E-state index in [-0.39, 0.29) is 5.56 Å². The topological polar surface area (TPSA) is 68.5 Å². The minimum atomic E-state index is -1.21. The van der Waals surface area contributed by atoms with Crippen LogP contribution in [0.25, 0.3) is 10.9 Å². The first-order valence-corrected chi connectivity index (χ1v) is 5.90. The Labute approximate surface area is 110 Å². The van der Waals surface area contributed by atoms with Crippen molar-refractivity contribution in [2.45, 2.75) is 13.5 Å². The standard InChI is InChI=1S/C14H15NO4/c1-9-3-4-12-10(7-9)13(16)11(14(17)18)8-15(12)5-6-19-2/h3-4,7-8H,5-6H2,1-2H3,(H,17,18). The summed E-state index contributed by atoms with van der Waals surface area (Å²) in [4.78, 5) is 23.3. The molecule has 5 heteroatoms. The van der Waals surface area contributed by atoms with E-state index in [0.29, 0.717) is 18.5 Å². The summed E-state index contributed by atoms with van der Waals surface area (Å²) in [6.45, 7) is 2.81. The Morgan fingerprint density at radius 2 is 2.16 bits per heavy atom. The highest BCUT2D eigenvalue weighted by atomic mass is 16.5. The number of carboxylic acid groups (broad SMARTS) is 1. The number of carboxylic acids is 1. The summed E-state index contributed by atoms with van der Waals surface area (Å²) in [6.07, 6.45) is 1.38. The predicted octanol–water partition coefficient (Wildman–Crippen LogP) is 1.65. The molecule has 0 fully saturated rings. The number of methoxy groups -OCH3 is 1. The summed E-state index contributed by atoms with van der Waals surface area (Å²) < 4.78 is 6.74. The van der Waals surface area contributed by atoms with Crippen LogP contribution < -0.4 is 5.43 Å². The van der Waals surface area contributed by atoms with Gasteiger partial charge in [0.05, 0.1) is 12.1 Å². The number of fused-ring (bicyclic) bond motifs is 1. The quantitative estimate of drug-likeness (QED) is 0.908. The SMILES string of the molecule is COCCn1cc(C(=O)O)c(=O)c2cc(C)ccc21. The molecular weight excluding hydrogens is 246 g/mol. The molecule has 19 heavy (non-hydrogen) atoms. The minimum Gasteiger partial charge on any atom is -0.477 e. The number of pyridine rings is 1. The number of hydrogen-bond acceptors (Lipinski definition) is 3. The summed E-state index contributed by atoms with van der Waals surface area (Å²) in [7, 11) is 1.58. The van der Waals surface area contributed by atoms with Crippen LogP contribution in [0.3, 0.4) is 0 Å². The Hall–Kier alpha value is -2.14. The van der Waals surface area contributed by atoms with Crippen LogP contribution in [-0.4, -0.2) is 29.4 Å². The number of aromatic carboxylic acids is 1. The predicted molar refractivity (Wildman–Crippen MR) is 71.8 cm³/mol. The van der Waals surface area contributed by atoms with Gasteiger partial charge in [0.15, 0.2) is 0 Å². The van der Waals surface area contributed by atoms with E-state index in [1.54, 1.807) is 17.7 Å². The van der Waals surface area contributed by atoms with E-state index in [4.69, 9.17) is 9.84 Å². The van der Waals surface area contributed by atoms with Crippen LogP contribution in [-0.2, 0) is 11.3 Å². The van der Waals surface area contributed by atoms with Gasteiger partial charge in [-0.1, -0.05) is 11.6 Å². The van der Waals surface area contributed by atoms with Crippen molar-refractivity contribution in [1.82, 2.24) is 4.57 Å². The molecule has 1 aromatic carbocycles. The number of aromatic nitrogens is 1. The molecule has 1 N–H and O–H groups in total. The average Bonchev–Trinajstić information content (AvgIpc) is 2.38. The fourth-order valence-corrected chi connectivity index (χ4v) is 2.04. The molecule has 0 amide bonds. The lowest BCUT2D eigenvalue weighted by Gasteiger charge is -2.12. The van der Waals surface area contributed by atoms with E-state index in [2.05, 4.69) is 0 Å². The lowest BCUT2D eigenvalue weighted by molar-refractivity contribution is 0.0694. The van der Waals surface area contributed by atoms with Crippen LogP contribution in [0.15, 0.2) is 29.2 Å². The van der Waals surface area contributed by atoms with Gasteiger partial charge in [-0.2, -0.15) is 0 Å². The van der Waals surface area contributed by atoms with Crippen molar-refractivity contribution in [3.8, 4) is 0 Å². The maximum atomic E-state index is 12.1. The van der Waals surface area contributed by atoms with Gasteiger partial charge in [-0.15, -0.1) is 0 Å². The number of nitrogens with zero attached hydrogens (tertiary/aromatic N) is 1. The van der Waals surface area contributed by atoms with Crippen molar-refractivity contribution in [3.05, 3.63) is 45.7 Å². The molecule has 0 aliphatic rings. The number of aryl methyl sites for hydroxylation is 1. The van der Waals surface area contributed by atoms with Crippen LogP contribution in [0, 0.1) is 6.92 Å². The number of hydrogen-bond donors (Lipinski definition) is 1. The molecule has 2 rings (SSSR count). The molecule has 100 valence electrons. The summed E-state index contributed by atoms with van der Waals surface area (Å²) in [5.41, 5.74) is 0.983. The maximum absolute atomic E-state index is 12.1. The van der Waals surface area contributed by atoms with Crippen LogP contribution in [0.2, 0.25) is 0 Å². The van der Waals surface area contributed by atoms with Crippen LogP contribution in [0.4, 0.5) is 0 Å². The summed E-state index contributed by atoms with van der Waals surface area (Å²) in [5.74, 6) is -1.21. The molecule has 0 bridgehead atoms. The van der Waals surface area contributed by atoms with Gasteiger partial charge >= 0.3 is 5.97 Å². The lowest BCUT2D eigenvalue weighted by atomic mass is 10.1. The Morgan fingerprint density at radius 1 is 1.42 bits per heavy atom. The van der Waals surface area contributed by atoms with Gasteiger partial charge in [-0.25, -0.2) is 4.79 Å². The first kappa shape index (κ1) is 13.3. The summed E-state index contributed by atoms with van der Waals surface area (Å²) >= 11 is 0. The van der Waals surface area contributed by atoms with Crippen molar-refractivity contribution in [2.24, 2.45) is 0 Å². The molecule has 0 spiro atoms. The van der Waals surface area contributed by atoms with Gasteiger partial charge in [0.25, 0.3) is 0 Å². The highest BCUT2D eigenvalue weighted by Gasteiger charge is 2.14. The van der Waals surface area contributed by atoms with E-state index < -0.39 is 11.4 Å². The van der Waals surface area contributed by atoms with Gasteiger partial charge in [0.1, 0.15) is 5.56 Å². The van der Waals surface area contributed by atoms with E-state index >= 15 is 0 Å². The zero-order valence-corrected chi connectivity index (χ0v) is 10.8. The van der Waals surface area contributed by atoms with E-state index in [1.807, 2.05) is 19.1 Å². The number of ether oxygens (including phenoxy) is 1. The third-order valence-corrected chi connectivity index (χ3v) is 3.00. The first-order valence-electron chi connectivity index (χ1n) is 5.90. The second kappa shape index (κ2) is 5.24. The van der Waals surface area contributed by atoms with Crippen LogP contribution in [0.5, 0.6) is 0 Å². The third-order valence-electron chi connectivity index (χ3n) is 3.00. The fourth-order valence-electron chi connectivity index (χ4n) is 2.04. The Balaban J connectivity index is 2.76. The van der Waals surface area contributed by atoms with E-state index in [0.717, 1.165) is 11.1 Å². The van der Waals surface area contributed by atoms with Crippen LogP contribution in [0.1, 0.15) is 15.9 Å². The number of carbonyl (C=O) groups is 1. The normalized spacial score (nSPS) is 10.8. The van der Waals surface area contributed by atoms with Gasteiger partial charge in [0.2, 0.25) is 5.43 Å². The molecule has 0 aliphatic heterocycles. The second-order valence-electron chi connectivity index (χ2n) is 4.38. The molecule has 1 heterocycles. The largest absolute Gasteiger partial charge is 0.477 e. The summed E-state index contributed by atoms with van der Waals surface area (Å²) in [5, 5.41) is 9.53. The molecule has 0 atom stereocenters. The van der Waals surface area contributed by atoms with Gasteiger partial charge in [-0.3, -0.25) is 4.79 Å². The van der Waals surface area contributed by atoms with Crippen molar-refractivity contribution >= 4 is 16.9 Å². The van der Waals surface area contributed by atoms with Gasteiger partial charge < -0.3 is 14.4 Å². The Bertz CT molecular complexity index is 688. The second-order valence-corrected chi connectivity index (χ2v) is 4.38. The number of benzene rings is 1. The molecule has 1 aromatic heterocycles. The van der Waals surface area contributed by atoms with E-state index in [1.165, 1.54) is 6.20 Å². The van der Waals surface area contributed by atoms with Crippen molar-refractivity contribution in [3.63, 3.8) is 0 Å². The van der Waals surface area contributed by atoms with Crippen LogP contribution >= 0.6 is 0 Å². The van der Waals surface area contributed by atoms with Gasteiger partial charge in [-0.05, 0) is 19.1 Å². The monoisotopic (exact) mass is 261 g/mol. The molecule has 0 saturated heterocycles. The smallest absolute Gasteiger partial charge is 0.341 e. The summed E-state index contributed by atoms with van der Waals surface area (Å²) in [6, 6.07) is 5.44. The highest BCUT2D eigenvalue weighted by molar-refractivity contribution is 5.92. The minimum absolute atomic E-state index is 0.214. The molecular formula is C14H15NO4. The Morgan fingerprint density at radius 3 is 2.79 bits per heavy atom. The molecule has 0 aliphatic carbocycles. The molecule has 0 radical (unpaired) electrons. The molecule has 0 unspecified atom stereocenters. The molecule has 2 aromatic rings. The molecule has 0 saturated carbocycles. The Kier molecular flexibility index (Phi) is 3.66. The van der Waals surface area contributed by atoms with E-state index in [9.17, 15) is 9.59 Å².